The Morgan fingerprint density at radius 1 is 1.12 bits per heavy atom. The highest BCUT2D eigenvalue weighted by molar-refractivity contribution is 7.92. The van der Waals surface area contributed by atoms with Crippen molar-refractivity contribution in [2.24, 2.45) is 0 Å². The van der Waals surface area contributed by atoms with Crippen molar-refractivity contribution in [3.8, 4) is 0 Å². The number of rotatable bonds is 4. The number of anilines is 2. The Balaban J connectivity index is 1.66. The topological polar surface area (TPSA) is 138 Å². The minimum absolute atomic E-state index is 0.0907. The molecule has 2 aliphatic heterocycles. The molecule has 4 rings (SSSR count). The molecule has 0 atom stereocenters. The fourth-order valence-electron chi connectivity index (χ4n) is 4.10. The van der Waals surface area contributed by atoms with Gasteiger partial charge in [0.2, 0.25) is 0 Å². The van der Waals surface area contributed by atoms with Gasteiger partial charge in [-0.1, -0.05) is 0 Å². The van der Waals surface area contributed by atoms with Crippen molar-refractivity contribution in [1.82, 2.24) is 14.9 Å². The van der Waals surface area contributed by atoms with Gasteiger partial charge in [0.15, 0.2) is 24.7 Å². The summed E-state index contributed by atoms with van der Waals surface area (Å²) in [5, 5.41) is 8.19. The highest BCUT2D eigenvalue weighted by Gasteiger charge is 2.38. The quantitative estimate of drug-likeness (QED) is 0.642. The Morgan fingerprint density at radius 2 is 1.81 bits per heavy atom. The summed E-state index contributed by atoms with van der Waals surface area (Å²) in [6.45, 7) is 0.496. The molecular weight excluding hydrogens is 463 g/mol. The van der Waals surface area contributed by atoms with E-state index in [1.165, 1.54) is 21.9 Å². The third-order valence-electron chi connectivity index (χ3n) is 5.78. The second-order valence-corrected chi connectivity index (χ2v) is 11.9. The summed E-state index contributed by atoms with van der Waals surface area (Å²) in [4.78, 5) is 21.8. The standard InChI is InChI=1S/C19H21FN4O6S2/c1-31(27,28)13-2-3-16(15(20)10-13)24-9-6-14-17(24)21-11-22-18(14)32(29,30)12-4-7-23(8-5-12)19(25)26/h2-3,10-12H,4-9H2,1H3,(H,25,26). The van der Waals surface area contributed by atoms with Crippen molar-refractivity contribution in [3.63, 3.8) is 0 Å². The van der Waals surface area contributed by atoms with Crippen LogP contribution in [-0.2, 0) is 26.1 Å². The molecule has 0 unspecified atom stereocenters. The minimum Gasteiger partial charge on any atom is -0.465 e. The zero-order valence-corrected chi connectivity index (χ0v) is 18.7. The Bertz CT molecular complexity index is 1290. The molecule has 0 bridgehead atoms. The molecule has 1 aromatic carbocycles. The van der Waals surface area contributed by atoms with Crippen LogP contribution in [0.1, 0.15) is 18.4 Å². The van der Waals surface area contributed by atoms with Crippen LogP contribution in [0, 0.1) is 5.82 Å². The van der Waals surface area contributed by atoms with Gasteiger partial charge < -0.3 is 14.9 Å². The Labute approximate surface area is 184 Å². The molecule has 0 aliphatic carbocycles. The van der Waals surface area contributed by atoms with Gasteiger partial charge in [0.05, 0.1) is 15.8 Å². The molecule has 1 saturated heterocycles. The maximum Gasteiger partial charge on any atom is 0.407 e. The van der Waals surface area contributed by atoms with Crippen LogP contribution < -0.4 is 4.90 Å². The van der Waals surface area contributed by atoms with Gasteiger partial charge in [-0.25, -0.2) is 36.0 Å². The van der Waals surface area contributed by atoms with Gasteiger partial charge in [0.1, 0.15) is 18.0 Å². The second-order valence-electron chi connectivity index (χ2n) is 7.78. The van der Waals surface area contributed by atoms with E-state index >= 15 is 0 Å². The number of carbonyl (C=O) groups is 1. The summed E-state index contributed by atoms with van der Waals surface area (Å²) in [5.74, 6) is -0.502. The fraction of sp³-hybridized carbons (Fsp3) is 0.421. The van der Waals surface area contributed by atoms with Crippen molar-refractivity contribution < 1.29 is 31.1 Å². The predicted molar refractivity (Wildman–Crippen MR) is 112 cm³/mol. The zero-order valence-electron chi connectivity index (χ0n) is 17.1. The molecule has 0 saturated carbocycles. The number of aromatic nitrogens is 2. The number of sulfone groups is 2. The average molecular weight is 485 g/mol. The lowest BCUT2D eigenvalue weighted by atomic mass is 10.1. The monoisotopic (exact) mass is 484 g/mol. The van der Waals surface area contributed by atoms with Crippen LogP contribution >= 0.6 is 0 Å². The number of likely N-dealkylation sites (tertiary alicyclic amines) is 1. The molecule has 0 spiro atoms. The van der Waals surface area contributed by atoms with Crippen LogP contribution in [0.4, 0.5) is 20.7 Å². The Morgan fingerprint density at radius 3 is 2.41 bits per heavy atom. The third-order valence-corrected chi connectivity index (χ3v) is 9.13. The molecule has 2 aliphatic rings. The van der Waals surface area contributed by atoms with Crippen molar-refractivity contribution in [2.75, 3.05) is 30.8 Å². The summed E-state index contributed by atoms with van der Waals surface area (Å²) in [7, 11) is -7.43. The van der Waals surface area contributed by atoms with Crippen LogP contribution in [-0.4, -0.2) is 74.0 Å². The van der Waals surface area contributed by atoms with Gasteiger partial charge in [0, 0.05) is 31.5 Å². The first kappa shape index (κ1) is 22.4. The summed E-state index contributed by atoms with van der Waals surface area (Å²) in [6, 6.07) is 3.55. The summed E-state index contributed by atoms with van der Waals surface area (Å²) >= 11 is 0. The average Bonchev–Trinajstić information content (AvgIpc) is 3.17. The van der Waals surface area contributed by atoms with Gasteiger partial charge >= 0.3 is 6.09 Å². The lowest BCUT2D eigenvalue weighted by molar-refractivity contribution is 0.136. The number of hydrogen-bond acceptors (Lipinski definition) is 8. The first-order valence-corrected chi connectivity index (χ1v) is 13.3. The third kappa shape index (κ3) is 3.90. The molecular formula is C19H21FN4O6S2. The normalized spacial score (nSPS) is 17.4. The zero-order chi connectivity index (χ0) is 23.3. The molecule has 13 heteroatoms. The van der Waals surface area contributed by atoms with E-state index < -0.39 is 36.8 Å². The number of amides is 1. The summed E-state index contributed by atoms with van der Waals surface area (Å²) < 4.78 is 64.6. The van der Waals surface area contributed by atoms with Gasteiger partial charge in [-0.2, -0.15) is 0 Å². The van der Waals surface area contributed by atoms with Crippen LogP contribution in [0.25, 0.3) is 0 Å². The molecule has 1 N–H and O–H groups in total. The van der Waals surface area contributed by atoms with E-state index in [1.807, 2.05) is 0 Å². The number of fused-ring (bicyclic) bond motifs is 1. The predicted octanol–water partition coefficient (Wildman–Crippen LogP) is 1.63. The number of halogens is 1. The maximum atomic E-state index is 14.7. The molecule has 3 heterocycles. The fourth-order valence-corrected chi connectivity index (χ4v) is 6.61. The van der Waals surface area contributed by atoms with Gasteiger partial charge in [-0.3, -0.25) is 0 Å². The van der Waals surface area contributed by atoms with E-state index in [9.17, 15) is 26.0 Å². The molecule has 1 amide bonds. The number of nitrogens with zero attached hydrogens (tertiary/aromatic N) is 4. The van der Waals surface area contributed by atoms with Crippen molar-refractivity contribution in [3.05, 3.63) is 35.9 Å². The van der Waals surface area contributed by atoms with E-state index in [2.05, 4.69) is 9.97 Å². The van der Waals surface area contributed by atoms with Gasteiger partial charge in [-0.15, -0.1) is 0 Å². The number of benzene rings is 1. The highest BCUT2D eigenvalue weighted by Crippen LogP contribution is 2.38. The molecule has 172 valence electrons. The van der Waals surface area contributed by atoms with Crippen LogP contribution in [0.2, 0.25) is 0 Å². The van der Waals surface area contributed by atoms with Gasteiger partial charge in [-0.05, 0) is 37.5 Å². The molecule has 2 aromatic rings. The molecule has 1 aromatic heterocycles. The van der Waals surface area contributed by atoms with Gasteiger partial charge in [0.25, 0.3) is 0 Å². The largest absolute Gasteiger partial charge is 0.465 e. The number of carboxylic acid groups (broad SMARTS) is 1. The maximum absolute atomic E-state index is 14.7. The molecule has 0 radical (unpaired) electrons. The number of hydrogen-bond donors (Lipinski definition) is 1. The van der Waals surface area contributed by atoms with E-state index in [-0.39, 0.29) is 60.3 Å². The smallest absolute Gasteiger partial charge is 0.407 e. The minimum atomic E-state index is -3.85. The highest BCUT2D eigenvalue weighted by atomic mass is 32.2. The SMILES string of the molecule is CS(=O)(=O)c1ccc(N2CCc3c2ncnc3S(=O)(=O)C2CCN(C(=O)O)CC2)c(F)c1. The summed E-state index contributed by atoms with van der Waals surface area (Å²) in [5.41, 5.74) is 0.465. The van der Waals surface area contributed by atoms with Crippen molar-refractivity contribution >= 4 is 37.3 Å². The molecule has 32 heavy (non-hydrogen) atoms. The number of piperidine rings is 1. The first-order valence-electron chi connectivity index (χ1n) is 9.83. The Kier molecular flexibility index (Phi) is 5.57. The second kappa shape index (κ2) is 7.96. The van der Waals surface area contributed by atoms with E-state index in [0.29, 0.717) is 5.56 Å². The molecule has 1 fully saturated rings. The Hall–Kier alpha value is -2.80. The summed E-state index contributed by atoms with van der Waals surface area (Å²) in [6.07, 6.45) is 1.61. The first-order chi connectivity index (χ1) is 15.0. The van der Waals surface area contributed by atoms with E-state index in [4.69, 9.17) is 5.11 Å². The lowest BCUT2D eigenvalue weighted by Crippen LogP contribution is -2.42. The van der Waals surface area contributed by atoms with Crippen LogP contribution in [0.5, 0.6) is 0 Å². The van der Waals surface area contributed by atoms with Crippen LogP contribution in [0.15, 0.2) is 34.4 Å². The van der Waals surface area contributed by atoms with Crippen molar-refractivity contribution in [1.29, 1.82) is 0 Å². The molecule has 10 nitrogen and oxygen atoms in total. The van der Waals surface area contributed by atoms with E-state index in [0.717, 1.165) is 18.6 Å². The van der Waals surface area contributed by atoms with E-state index in [1.54, 1.807) is 0 Å². The lowest BCUT2D eigenvalue weighted by Gasteiger charge is -2.29. The van der Waals surface area contributed by atoms with Crippen molar-refractivity contribution in [2.45, 2.75) is 34.4 Å². The van der Waals surface area contributed by atoms with Crippen LogP contribution in [0.3, 0.4) is 0 Å².